The van der Waals surface area contributed by atoms with Crippen LogP contribution in [0.15, 0.2) is 15.2 Å². The lowest BCUT2D eigenvalue weighted by atomic mass is 10.1. The lowest BCUT2D eigenvalue weighted by Crippen LogP contribution is -2.40. The van der Waals surface area contributed by atoms with Gasteiger partial charge in [-0.25, -0.2) is 0 Å². The van der Waals surface area contributed by atoms with Crippen molar-refractivity contribution in [3.05, 3.63) is 17.8 Å². The molecule has 0 aliphatic rings. The summed E-state index contributed by atoms with van der Waals surface area (Å²) in [5, 5.41) is 7.57. The molecule has 0 aliphatic heterocycles. The van der Waals surface area contributed by atoms with Crippen molar-refractivity contribution in [3.8, 4) is 11.5 Å². The third kappa shape index (κ3) is 2.99. The van der Waals surface area contributed by atoms with E-state index in [1.165, 1.54) is 6.20 Å². The standard InChI is InChI=1S/C12H18N4O3/c1-7(2)17-6-12(4,13)11-15-10(19-16-11)9-5-14-18-8(9)3/h5,7H,6,13H2,1-4H3. The predicted molar refractivity (Wildman–Crippen MR) is 67.2 cm³/mol. The van der Waals surface area contributed by atoms with Gasteiger partial charge in [0.25, 0.3) is 5.89 Å². The second-order valence-electron chi connectivity index (χ2n) is 5.00. The van der Waals surface area contributed by atoms with E-state index in [9.17, 15) is 0 Å². The predicted octanol–water partition coefficient (Wildman–Crippen LogP) is 1.63. The van der Waals surface area contributed by atoms with E-state index >= 15 is 0 Å². The minimum atomic E-state index is -0.808. The monoisotopic (exact) mass is 266 g/mol. The second kappa shape index (κ2) is 5.10. The van der Waals surface area contributed by atoms with Gasteiger partial charge in [-0.1, -0.05) is 10.3 Å². The molecule has 2 aromatic heterocycles. The van der Waals surface area contributed by atoms with Crippen LogP contribution >= 0.6 is 0 Å². The van der Waals surface area contributed by atoms with Gasteiger partial charge in [0, 0.05) is 0 Å². The summed E-state index contributed by atoms with van der Waals surface area (Å²) in [7, 11) is 0. The number of rotatable bonds is 5. The molecule has 19 heavy (non-hydrogen) atoms. The molecule has 7 heteroatoms. The first kappa shape index (κ1) is 13.7. The molecule has 0 radical (unpaired) electrons. The number of aromatic nitrogens is 3. The van der Waals surface area contributed by atoms with Crippen molar-refractivity contribution in [2.24, 2.45) is 5.73 Å². The number of nitrogens with two attached hydrogens (primary N) is 1. The van der Waals surface area contributed by atoms with Crippen molar-refractivity contribution in [3.63, 3.8) is 0 Å². The van der Waals surface area contributed by atoms with E-state index in [0.717, 1.165) is 0 Å². The molecule has 1 unspecified atom stereocenters. The fraction of sp³-hybridized carbons (Fsp3) is 0.583. The van der Waals surface area contributed by atoms with E-state index in [1.807, 2.05) is 13.8 Å². The Morgan fingerprint density at radius 1 is 1.42 bits per heavy atom. The number of nitrogens with zero attached hydrogens (tertiary/aromatic N) is 3. The molecule has 104 valence electrons. The van der Waals surface area contributed by atoms with E-state index in [0.29, 0.717) is 29.6 Å². The van der Waals surface area contributed by atoms with E-state index < -0.39 is 5.54 Å². The maximum Gasteiger partial charge on any atom is 0.263 e. The Morgan fingerprint density at radius 2 is 2.16 bits per heavy atom. The molecule has 2 rings (SSSR count). The number of hydrogen-bond donors (Lipinski definition) is 1. The van der Waals surface area contributed by atoms with Crippen LogP contribution in [0.4, 0.5) is 0 Å². The summed E-state index contributed by atoms with van der Waals surface area (Å²) in [6, 6.07) is 0. The van der Waals surface area contributed by atoms with Gasteiger partial charge in [0.1, 0.15) is 16.9 Å². The first-order valence-corrected chi connectivity index (χ1v) is 6.06. The number of hydrogen-bond acceptors (Lipinski definition) is 7. The molecule has 1 atom stereocenters. The van der Waals surface area contributed by atoms with Crippen molar-refractivity contribution >= 4 is 0 Å². The molecule has 0 fully saturated rings. The Kier molecular flexibility index (Phi) is 3.68. The Morgan fingerprint density at radius 3 is 2.74 bits per heavy atom. The Hall–Kier alpha value is -1.73. The summed E-state index contributed by atoms with van der Waals surface area (Å²) in [6.45, 7) is 7.77. The highest BCUT2D eigenvalue weighted by Gasteiger charge is 2.29. The van der Waals surface area contributed by atoms with Crippen molar-refractivity contribution < 1.29 is 13.8 Å². The van der Waals surface area contributed by atoms with Gasteiger partial charge in [-0.15, -0.1) is 0 Å². The van der Waals surface area contributed by atoms with Gasteiger partial charge in [-0.05, 0) is 27.7 Å². The third-order valence-electron chi connectivity index (χ3n) is 2.63. The third-order valence-corrected chi connectivity index (χ3v) is 2.63. The van der Waals surface area contributed by atoms with Crippen LogP contribution in [0.5, 0.6) is 0 Å². The van der Waals surface area contributed by atoms with Gasteiger partial charge in [0.05, 0.1) is 18.9 Å². The van der Waals surface area contributed by atoms with Gasteiger partial charge in [-0.2, -0.15) is 4.98 Å². The van der Waals surface area contributed by atoms with Crippen LogP contribution in [0.1, 0.15) is 32.4 Å². The topological polar surface area (TPSA) is 100 Å². The van der Waals surface area contributed by atoms with E-state index in [4.69, 9.17) is 19.5 Å². The summed E-state index contributed by atoms with van der Waals surface area (Å²) in [6.07, 6.45) is 1.63. The fourth-order valence-electron chi connectivity index (χ4n) is 1.47. The highest BCUT2D eigenvalue weighted by Crippen LogP contribution is 2.24. The molecule has 7 nitrogen and oxygen atoms in total. The molecule has 0 saturated carbocycles. The number of ether oxygens (including phenoxy) is 1. The van der Waals surface area contributed by atoms with Gasteiger partial charge in [-0.3, -0.25) is 0 Å². The van der Waals surface area contributed by atoms with Crippen LogP contribution in [0.25, 0.3) is 11.5 Å². The van der Waals surface area contributed by atoms with Crippen LogP contribution in [-0.2, 0) is 10.3 Å². The molecule has 0 aromatic carbocycles. The largest absolute Gasteiger partial charge is 0.376 e. The van der Waals surface area contributed by atoms with E-state index in [-0.39, 0.29) is 6.10 Å². The van der Waals surface area contributed by atoms with Crippen LogP contribution in [0, 0.1) is 6.92 Å². The maximum absolute atomic E-state index is 6.14. The summed E-state index contributed by atoms with van der Waals surface area (Å²) < 4.78 is 15.7. The van der Waals surface area contributed by atoms with E-state index in [2.05, 4.69) is 15.3 Å². The molecule has 0 amide bonds. The first-order chi connectivity index (χ1) is 8.90. The highest BCUT2D eigenvalue weighted by molar-refractivity contribution is 5.53. The van der Waals surface area contributed by atoms with Crippen molar-refractivity contribution in [2.75, 3.05) is 6.61 Å². The molecule has 0 saturated heterocycles. The summed E-state index contributed by atoms with van der Waals surface area (Å²) >= 11 is 0. The van der Waals surface area contributed by atoms with E-state index in [1.54, 1.807) is 13.8 Å². The summed E-state index contributed by atoms with van der Waals surface area (Å²) in [5.41, 5.74) is 6.00. The van der Waals surface area contributed by atoms with Gasteiger partial charge < -0.3 is 19.5 Å². The second-order valence-corrected chi connectivity index (χ2v) is 5.00. The molecule has 0 aliphatic carbocycles. The minimum Gasteiger partial charge on any atom is -0.376 e. The van der Waals surface area contributed by atoms with Gasteiger partial charge >= 0.3 is 0 Å². The van der Waals surface area contributed by atoms with Crippen LogP contribution in [0.3, 0.4) is 0 Å². The molecule has 2 N–H and O–H groups in total. The van der Waals surface area contributed by atoms with Crippen molar-refractivity contribution in [1.29, 1.82) is 0 Å². The summed E-state index contributed by atoms with van der Waals surface area (Å²) in [5.74, 6) is 1.35. The van der Waals surface area contributed by atoms with Crippen molar-refractivity contribution in [1.82, 2.24) is 15.3 Å². The van der Waals surface area contributed by atoms with Crippen LogP contribution in [-0.4, -0.2) is 28.0 Å². The molecule has 2 aromatic rings. The van der Waals surface area contributed by atoms with Gasteiger partial charge in [0.2, 0.25) is 0 Å². The van der Waals surface area contributed by atoms with Gasteiger partial charge in [0.15, 0.2) is 5.82 Å². The molecule has 2 heterocycles. The Bertz CT molecular complexity index is 545. The first-order valence-electron chi connectivity index (χ1n) is 6.06. The fourth-order valence-corrected chi connectivity index (χ4v) is 1.47. The minimum absolute atomic E-state index is 0.0922. The zero-order valence-corrected chi connectivity index (χ0v) is 11.5. The van der Waals surface area contributed by atoms with Crippen molar-refractivity contribution in [2.45, 2.75) is 39.3 Å². The van der Waals surface area contributed by atoms with Crippen LogP contribution in [0.2, 0.25) is 0 Å². The lowest BCUT2D eigenvalue weighted by molar-refractivity contribution is 0.0410. The molecule has 0 bridgehead atoms. The smallest absolute Gasteiger partial charge is 0.263 e. The zero-order chi connectivity index (χ0) is 14.0. The number of aryl methyl sites for hydroxylation is 1. The lowest BCUT2D eigenvalue weighted by Gasteiger charge is -2.21. The molecular formula is C12H18N4O3. The molecular weight excluding hydrogens is 248 g/mol. The summed E-state index contributed by atoms with van der Waals surface area (Å²) in [4.78, 5) is 4.28. The molecule has 0 spiro atoms. The SMILES string of the molecule is Cc1oncc1-c1nc(C(C)(N)COC(C)C)no1. The zero-order valence-electron chi connectivity index (χ0n) is 11.5. The quantitative estimate of drug-likeness (QED) is 0.877. The normalized spacial score (nSPS) is 14.8. The van der Waals surface area contributed by atoms with Crippen LogP contribution < -0.4 is 5.73 Å². The Labute approximate surface area is 111 Å². The average Bonchev–Trinajstić information content (AvgIpc) is 2.94. The maximum atomic E-state index is 6.14. The average molecular weight is 266 g/mol. The highest BCUT2D eigenvalue weighted by atomic mass is 16.5. The Balaban J connectivity index is 2.19.